The Morgan fingerprint density at radius 3 is 2.30 bits per heavy atom. The number of rotatable bonds is 2. The Balaban J connectivity index is 2.36. The van der Waals surface area contributed by atoms with Gasteiger partial charge in [0.15, 0.2) is 0 Å². The van der Waals surface area contributed by atoms with E-state index in [0.29, 0.717) is 16.9 Å². The molecule has 0 saturated carbocycles. The highest BCUT2D eigenvalue weighted by Gasteiger charge is 2.14. The summed E-state index contributed by atoms with van der Waals surface area (Å²) >= 11 is 6.85. The van der Waals surface area contributed by atoms with Gasteiger partial charge in [-0.3, -0.25) is 4.79 Å². The molecule has 0 heterocycles. The Morgan fingerprint density at radius 2 is 1.70 bits per heavy atom. The summed E-state index contributed by atoms with van der Waals surface area (Å²) in [6, 6.07) is 9.26. The van der Waals surface area contributed by atoms with Crippen LogP contribution < -0.4 is 11.1 Å². The third-order valence-corrected chi connectivity index (χ3v) is 4.38. The van der Waals surface area contributed by atoms with E-state index in [0.717, 1.165) is 20.1 Å². The maximum Gasteiger partial charge on any atom is 0.256 e. The van der Waals surface area contributed by atoms with Crippen molar-refractivity contribution in [2.75, 3.05) is 11.1 Å². The minimum atomic E-state index is -0.179. The van der Waals surface area contributed by atoms with E-state index in [-0.39, 0.29) is 5.91 Å². The van der Waals surface area contributed by atoms with E-state index >= 15 is 0 Å². The number of hydrogen-bond acceptors (Lipinski definition) is 2. The molecular formula is C15H14Br2N2O. The molecule has 20 heavy (non-hydrogen) atoms. The maximum atomic E-state index is 12.4. The van der Waals surface area contributed by atoms with Crippen LogP contribution in [0.5, 0.6) is 0 Å². The maximum absolute atomic E-state index is 12.4. The van der Waals surface area contributed by atoms with Crippen molar-refractivity contribution >= 4 is 49.1 Å². The van der Waals surface area contributed by atoms with Crippen molar-refractivity contribution in [3.63, 3.8) is 0 Å². The molecule has 104 valence electrons. The summed E-state index contributed by atoms with van der Waals surface area (Å²) in [6.45, 7) is 3.82. The highest BCUT2D eigenvalue weighted by atomic mass is 79.9. The van der Waals surface area contributed by atoms with Crippen molar-refractivity contribution in [1.82, 2.24) is 0 Å². The number of carbonyl (C=O) groups is 1. The molecule has 5 heteroatoms. The molecule has 0 atom stereocenters. The Kier molecular flexibility index (Phi) is 4.50. The van der Waals surface area contributed by atoms with Gasteiger partial charge in [-0.25, -0.2) is 0 Å². The number of amides is 1. The Hall–Kier alpha value is -1.33. The van der Waals surface area contributed by atoms with E-state index in [2.05, 4.69) is 37.2 Å². The quantitative estimate of drug-likeness (QED) is 0.723. The summed E-state index contributed by atoms with van der Waals surface area (Å²) in [4.78, 5) is 12.4. The van der Waals surface area contributed by atoms with Gasteiger partial charge in [-0.15, -0.1) is 0 Å². The number of aryl methyl sites for hydroxylation is 2. The van der Waals surface area contributed by atoms with Crippen molar-refractivity contribution in [3.8, 4) is 0 Å². The van der Waals surface area contributed by atoms with E-state index in [1.165, 1.54) is 0 Å². The third-order valence-electron chi connectivity index (χ3n) is 3.06. The highest BCUT2D eigenvalue weighted by Crippen LogP contribution is 2.31. The van der Waals surface area contributed by atoms with Crippen LogP contribution in [0.4, 0.5) is 11.4 Å². The zero-order chi connectivity index (χ0) is 14.9. The molecule has 2 aromatic carbocycles. The van der Waals surface area contributed by atoms with Crippen LogP contribution in [-0.2, 0) is 0 Å². The average Bonchev–Trinajstić information content (AvgIpc) is 2.38. The molecule has 0 radical (unpaired) electrons. The van der Waals surface area contributed by atoms with E-state index < -0.39 is 0 Å². The number of benzene rings is 2. The fourth-order valence-corrected chi connectivity index (χ4v) is 3.11. The standard InChI is InChI=1S/C15H14Br2N2O/c1-8-6-9(2)13(18)7-10(8)15(20)19-14-11(16)4-3-5-12(14)17/h3-7H,18H2,1-2H3,(H,19,20). The fourth-order valence-electron chi connectivity index (χ4n) is 1.91. The van der Waals surface area contributed by atoms with Crippen LogP contribution in [0.2, 0.25) is 0 Å². The summed E-state index contributed by atoms with van der Waals surface area (Å²) in [5, 5.41) is 2.89. The first kappa shape index (κ1) is 15.1. The van der Waals surface area contributed by atoms with Gasteiger partial charge in [0.05, 0.1) is 5.69 Å². The topological polar surface area (TPSA) is 55.1 Å². The molecule has 0 bridgehead atoms. The average molecular weight is 398 g/mol. The van der Waals surface area contributed by atoms with Gasteiger partial charge in [0, 0.05) is 20.2 Å². The summed E-state index contributed by atoms with van der Waals surface area (Å²) in [6.07, 6.45) is 0. The molecular weight excluding hydrogens is 384 g/mol. The second kappa shape index (κ2) is 5.97. The lowest BCUT2D eigenvalue weighted by Gasteiger charge is -2.12. The van der Waals surface area contributed by atoms with Crippen LogP contribution in [-0.4, -0.2) is 5.91 Å². The van der Waals surface area contributed by atoms with Gasteiger partial charge in [0.2, 0.25) is 0 Å². The minimum absolute atomic E-state index is 0.179. The van der Waals surface area contributed by atoms with Gasteiger partial charge < -0.3 is 11.1 Å². The van der Waals surface area contributed by atoms with Gasteiger partial charge >= 0.3 is 0 Å². The second-order valence-electron chi connectivity index (χ2n) is 4.57. The zero-order valence-corrected chi connectivity index (χ0v) is 14.3. The smallest absolute Gasteiger partial charge is 0.256 e. The SMILES string of the molecule is Cc1cc(C)c(C(=O)Nc2c(Br)cccc2Br)cc1N. The molecule has 0 spiro atoms. The number of anilines is 2. The van der Waals surface area contributed by atoms with Crippen molar-refractivity contribution in [2.24, 2.45) is 0 Å². The first-order valence-electron chi connectivity index (χ1n) is 6.02. The molecule has 0 aliphatic heterocycles. The lowest BCUT2D eigenvalue weighted by molar-refractivity contribution is 0.102. The highest BCUT2D eigenvalue weighted by molar-refractivity contribution is 9.11. The molecule has 0 saturated heterocycles. The minimum Gasteiger partial charge on any atom is -0.398 e. The molecule has 0 fully saturated rings. The van der Waals surface area contributed by atoms with Crippen LogP contribution in [0.15, 0.2) is 39.3 Å². The van der Waals surface area contributed by atoms with Crippen molar-refractivity contribution < 1.29 is 4.79 Å². The lowest BCUT2D eigenvalue weighted by atomic mass is 10.0. The van der Waals surface area contributed by atoms with Crippen LogP contribution in [0, 0.1) is 13.8 Å². The normalized spacial score (nSPS) is 10.4. The van der Waals surface area contributed by atoms with Crippen LogP contribution >= 0.6 is 31.9 Å². The van der Waals surface area contributed by atoms with Crippen LogP contribution in [0.1, 0.15) is 21.5 Å². The number of halogens is 2. The summed E-state index contributed by atoms with van der Waals surface area (Å²) in [5.74, 6) is -0.179. The number of hydrogen-bond donors (Lipinski definition) is 2. The zero-order valence-electron chi connectivity index (χ0n) is 11.1. The summed E-state index contributed by atoms with van der Waals surface area (Å²) in [5.41, 5.74) is 9.66. The monoisotopic (exact) mass is 396 g/mol. The first-order valence-corrected chi connectivity index (χ1v) is 7.61. The molecule has 0 aliphatic rings. The molecule has 2 rings (SSSR count). The Labute approximate surface area is 134 Å². The van der Waals surface area contributed by atoms with E-state index in [4.69, 9.17) is 5.73 Å². The van der Waals surface area contributed by atoms with Crippen molar-refractivity contribution in [2.45, 2.75) is 13.8 Å². The molecule has 0 aromatic heterocycles. The molecule has 0 aliphatic carbocycles. The summed E-state index contributed by atoms with van der Waals surface area (Å²) < 4.78 is 1.64. The van der Waals surface area contributed by atoms with E-state index in [1.54, 1.807) is 6.07 Å². The summed E-state index contributed by atoms with van der Waals surface area (Å²) in [7, 11) is 0. The first-order chi connectivity index (χ1) is 9.40. The second-order valence-corrected chi connectivity index (χ2v) is 6.28. The Morgan fingerprint density at radius 1 is 1.10 bits per heavy atom. The largest absolute Gasteiger partial charge is 0.398 e. The molecule has 3 nitrogen and oxygen atoms in total. The van der Waals surface area contributed by atoms with Crippen molar-refractivity contribution in [3.05, 3.63) is 56.0 Å². The van der Waals surface area contributed by atoms with Gasteiger partial charge in [-0.05, 0) is 75.0 Å². The van der Waals surface area contributed by atoms with Gasteiger partial charge in [0.25, 0.3) is 5.91 Å². The molecule has 0 unspecified atom stereocenters. The molecule has 3 N–H and O–H groups in total. The van der Waals surface area contributed by atoms with Gasteiger partial charge in [-0.1, -0.05) is 12.1 Å². The number of carbonyl (C=O) groups excluding carboxylic acids is 1. The molecule has 2 aromatic rings. The van der Waals surface area contributed by atoms with E-state index in [9.17, 15) is 4.79 Å². The number of nitrogens with two attached hydrogens (primary N) is 1. The van der Waals surface area contributed by atoms with Crippen molar-refractivity contribution in [1.29, 1.82) is 0 Å². The predicted molar refractivity (Wildman–Crippen MR) is 90.1 cm³/mol. The number of para-hydroxylation sites is 1. The number of nitrogen functional groups attached to an aromatic ring is 1. The van der Waals surface area contributed by atoms with Crippen LogP contribution in [0.25, 0.3) is 0 Å². The molecule has 1 amide bonds. The van der Waals surface area contributed by atoms with Crippen LogP contribution in [0.3, 0.4) is 0 Å². The lowest BCUT2D eigenvalue weighted by Crippen LogP contribution is -2.15. The Bertz CT molecular complexity index is 664. The number of nitrogens with one attached hydrogen (secondary N) is 1. The third kappa shape index (κ3) is 3.04. The van der Waals surface area contributed by atoms with E-state index in [1.807, 2.05) is 38.1 Å². The predicted octanol–water partition coefficient (Wildman–Crippen LogP) is 4.66. The van der Waals surface area contributed by atoms with Gasteiger partial charge in [-0.2, -0.15) is 0 Å². The fraction of sp³-hybridized carbons (Fsp3) is 0.133. The van der Waals surface area contributed by atoms with Gasteiger partial charge in [0.1, 0.15) is 0 Å².